The van der Waals surface area contributed by atoms with Crippen LogP contribution in [0.5, 0.6) is 0 Å². The van der Waals surface area contributed by atoms with Crippen molar-refractivity contribution in [2.45, 2.75) is 13.5 Å². The molecule has 18 heavy (non-hydrogen) atoms. The van der Waals surface area contributed by atoms with Crippen molar-refractivity contribution in [3.8, 4) is 0 Å². The van der Waals surface area contributed by atoms with Gasteiger partial charge >= 0.3 is 0 Å². The predicted octanol–water partition coefficient (Wildman–Crippen LogP) is 1.65. The maximum Gasteiger partial charge on any atom is 0.224 e. The highest BCUT2D eigenvalue weighted by Gasteiger charge is 2.15. The molecular weight excluding hydrogens is 252 g/mol. The summed E-state index contributed by atoms with van der Waals surface area (Å²) in [5, 5.41) is 12.5. The normalized spacial score (nSPS) is 12.1. The first-order valence-corrected chi connectivity index (χ1v) is 6.19. The number of hydrogen-bond acceptors (Lipinski definition) is 3. The van der Waals surface area contributed by atoms with E-state index in [1.54, 1.807) is 19.2 Å². The van der Waals surface area contributed by atoms with Crippen molar-refractivity contribution in [2.24, 2.45) is 5.92 Å². The number of carbonyl (C=O) groups is 1. The van der Waals surface area contributed by atoms with E-state index in [2.05, 4.69) is 5.32 Å². The fourth-order valence-electron chi connectivity index (χ4n) is 1.89. The molecule has 0 spiro atoms. The highest BCUT2D eigenvalue weighted by atomic mass is 35.5. The Balaban J connectivity index is 2.83. The number of aliphatic hydroxyl groups excluding tert-OH is 1. The van der Waals surface area contributed by atoms with E-state index < -0.39 is 0 Å². The third-order valence-electron chi connectivity index (χ3n) is 2.86. The fraction of sp³-hybridized carbons (Fsp3) is 0.462. The molecule has 5 heteroatoms. The van der Waals surface area contributed by atoms with Gasteiger partial charge < -0.3 is 15.3 Å². The quantitative estimate of drug-likeness (QED) is 0.855. The fourth-order valence-corrected chi connectivity index (χ4v) is 2.09. The second-order valence-corrected chi connectivity index (χ2v) is 4.76. The molecule has 0 aromatic heterocycles. The summed E-state index contributed by atoms with van der Waals surface area (Å²) >= 11 is 5.89. The molecule has 0 bridgehead atoms. The Morgan fingerprint density at radius 2 is 2.22 bits per heavy atom. The number of aliphatic hydroxyl groups is 1. The Morgan fingerprint density at radius 1 is 1.56 bits per heavy atom. The van der Waals surface area contributed by atoms with E-state index in [1.807, 2.05) is 24.9 Å². The first kappa shape index (κ1) is 14.8. The number of nitrogens with one attached hydrogen (secondary N) is 1. The molecule has 1 amide bonds. The monoisotopic (exact) mass is 270 g/mol. The molecule has 4 nitrogen and oxygen atoms in total. The highest BCUT2D eigenvalue weighted by Crippen LogP contribution is 2.24. The first-order chi connectivity index (χ1) is 8.49. The molecule has 0 heterocycles. The number of anilines is 1. The molecule has 0 aliphatic carbocycles. The molecular formula is C13H19ClN2O2. The topological polar surface area (TPSA) is 52.6 Å². The van der Waals surface area contributed by atoms with Crippen LogP contribution in [0.15, 0.2) is 18.2 Å². The van der Waals surface area contributed by atoms with Crippen LogP contribution in [-0.2, 0) is 11.4 Å². The van der Waals surface area contributed by atoms with Gasteiger partial charge in [-0.25, -0.2) is 0 Å². The molecule has 1 aromatic carbocycles. The summed E-state index contributed by atoms with van der Waals surface area (Å²) in [6, 6.07) is 5.36. The van der Waals surface area contributed by atoms with Crippen LogP contribution in [0.3, 0.4) is 0 Å². The van der Waals surface area contributed by atoms with Gasteiger partial charge in [0.1, 0.15) is 0 Å². The lowest BCUT2D eigenvalue weighted by Crippen LogP contribution is -2.34. The molecule has 0 saturated heterocycles. The van der Waals surface area contributed by atoms with Crippen LogP contribution in [0.25, 0.3) is 0 Å². The lowest BCUT2D eigenvalue weighted by molar-refractivity contribution is -0.123. The van der Waals surface area contributed by atoms with Crippen LogP contribution in [0.2, 0.25) is 5.02 Å². The second-order valence-electron chi connectivity index (χ2n) is 4.33. The second kappa shape index (κ2) is 6.61. The standard InChI is InChI=1S/C13H19ClN2O2/c1-9(13(18)15-2)7-16(3)12-5-4-11(14)6-10(12)8-17/h4-6,9,17H,7-8H2,1-3H3,(H,15,18). The van der Waals surface area contributed by atoms with Gasteiger partial charge in [-0.2, -0.15) is 0 Å². The van der Waals surface area contributed by atoms with E-state index in [-0.39, 0.29) is 18.4 Å². The average Bonchev–Trinajstić information content (AvgIpc) is 2.37. The summed E-state index contributed by atoms with van der Waals surface area (Å²) in [5.41, 5.74) is 1.65. The molecule has 0 fully saturated rings. The molecule has 1 unspecified atom stereocenters. The van der Waals surface area contributed by atoms with Crippen molar-refractivity contribution < 1.29 is 9.90 Å². The number of nitrogens with zero attached hydrogens (tertiary/aromatic N) is 1. The molecule has 0 aliphatic rings. The summed E-state index contributed by atoms with van der Waals surface area (Å²) in [7, 11) is 3.52. The van der Waals surface area contributed by atoms with Gasteiger partial charge in [-0.05, 0) is 18.2 Å². The van der Waals surface area contributed by atoms with E-state index in [1.165, 1.54) is 0 Å². The van der Waals surface area contributed by atoms with Crippen molar-refractivity contribution in [2.75, 3.05) is 25.5 Å². The zero-order valence-electron chi connectivity index (χ0n) is 10.9. The molecule has 1 atom stereocenters. The number of hydrogen-bond donors (Lipinski definition) is 2. The van der Waals surface area contributed by atoms with Crippen molar-refractivity contribution in [3.05, 3.63) is 28.8 Å². The van der Waals surface area contributed by atoms with Crippen LogP contribution < -0.4 is 10.2 Å². The molecule has 100 valence electrons. The smallest absolute Gasteiger partial charge is 0.224 e. The summed E-state index contributed by atoms with van der Waals surface area (Å²) < 4.78 is 0. The predicted molar refractivity (Wildman–Crippen MR) is 73.9 cm³/mol. The van der Waals surface area contributed by atoms with Crippen molar-refractivity contribution in [3.63, 3.8) is 0 Å². The van der Waals surface area contributed by atoms with Gasteiger partial charge in [-0.3, -0.25) is 4.79 Å². The number of benzene rings is 1. The molecule has 1 aromatic rings. The third-order valence-corrected chi connectivity index (χ3v) is 3.10. The Morgan fingerprint density at radius 3 is 2.78 bits per heavy atom. The van der Waals surface area contributed by atoms with E-state index in [0.717, 1.165) is 11.3 Å². The van der Waals surface area contributed by atoms with Gasteiger partial charge in [0.15, 0.2) is 0 Å². The minimum absolute atomic E-state index is 0.00126. The number of rotatable bonds is 5. The van der Waals surface area contributed by atoms with Gasteiger partial charge in [-0.15, -0.1) is 0 Å². The van der Waals surface area contributed by atoms with E-state index in [9.17, 15) is 9.90 Å². The number of amides is 1. The zero-order valence-corrected chi connectivity index (χ0v) is 11.7. The molecule has 0 aliphatic heterocycles. The highest BCUT2D eigenvalue weighted by molar-refractivity contribution is 6.30. The summed E-state index contributed by atoms with van der Waals surface area (Å²) in [6.07, 6.45) is 0. The SMILES string of the molecule is CNC(=O)C(C)CN(C)c1ccc(Cl)cc1CO. The largest absolute Gasteiger partial charge is 0.392 e. The van der Waals surface area contributed by atoms with E-state index >= 15 is 0 Å². The molecule has 0 saturated carbocycles. The van der Waals surface area contributed by atoms with Crippen LogP contribution in [0.1, 0.15) is 12.5 Å². The van der Waals surface area contributed by atoms with Crippen LogP contribution >= 0.6 is 11.6 Å². The van der Waals surface area contributed by atoms with Crippen LogP contribution in [-0.4, -0.2) is 31.7 Å². The Hall–Kier alpha value is -1.26. The first-order valence-electron chi connectivity index (χ1n) is 5.81. The minimum atomic E-state index is -0.123. The Labute approximate surface area is 113 Å². The summed E-state index contributed by atoms with van der Waals surface area (Å²) in [4.78, 5) is 13.4. The van der Waals surface area contributed by atoms with Gasteiger partial charge in [0.2, 0.25) is 5.91 Å². The molecule has 0 radical (unpaired) electrons. The molecule has 2 N–H and O–H groups in total. The van der Waals surface area contributed by atoms with E-state index in [4.69, 9.17) is 11.6 Å². The van der Waals surface area contributed by atoms with Crippen molar-refractivity contribution in [1.82, 2.24) is 5.32 Å². The lowest BCUT2D eigenvalue weighted by Gasteiger charge is -2.24. The Bertz CT molecular complexity index is 423. The Kier molecular flexibility index (Phi) is 5.44. The average molecular weight is 271 g/mol. The summed E-state index contributed by atoms with van der Waals surface area (Å²) in [5.74, 6) is -0.122. The van der Waals surface area contributed by atoms with Crippen LogP contribution in [0.4, 0.5) is 5.69 Å². The van der Waals surface area contributed by atoms with Crippen molar-refractivity contribution in [1.29, 1.82) is 0 Å². The van der Waals surface area contributed by atoms with Gasteiger partial charge in [-0.1, -0.05) is 18.5 Å². The third kappa shape index (κ3) is 3.62. The number of carbonyl (C=O) groups excluding carboxylic acids is 1. The maximum absolute atomic E-state index is 11.5. The van der Waals surface area contributed by atoms with Crippen LogP contribution in [0, 0.1) is 5.92 Å². The summed E-state index contributed by atoms with van der Waals surface area (Å²) in [6.45, 7) is 2.37. The molecule has 1 rings (SSSR count). The maximum atomic E-state index is 11.5. The number of halogens is 1. The van der Waals surface area contributed by atoms with Gasteiger partial charge in [0, 0.05) is 36.9 Å². The van der Waals surface area contributed by atoms with Gasteiger partial charge in [0.05, 0.1) is 12.5 Å². The lowest BCUT2D eigenvalue weighted by atomic mass is 10.1. The van der Waals surface area contributed by atoms with Crippen molar-refractivity contribution >= 4 is 23.2 Å². The zero-order chi connectivity index (χ0) is 13.7. The van der Waals surface area contributed by atoms with Gasteiger partial charge in [0.25, 0.3) is 0 Å². The minimum Gasteiger partial charge on any atom is -0.392 e. The van der Waals surface area contributed by atoms with E-state index in [0.29, 0.717) is 11.6 Å².